The third-order valence-corrected chi connectivity index (χ3v) is 4.84. The molecule has 1 aromatic heterocycles. The van der Waals surface area contributed by atoms with Gasteiger partial charge in [0.05, 0.1) is 17.7 Å². The highest BCUT2D eigenvalue weighted by atomic mass is 79.9. The molecule has 0 saturated heterocycles. The molecule has 4 rings (SSSR count). The van der Waals surface area contributed by atoms with Crippen molar-refractivity contribution in [2.75, 3.05) is 12.9 Å². The number of fused-ring (bicyclic) bond motifs is 1. The Morgan fingerprint density at radius 1 is 1.15 bits per heavy atom. The largest absolute Gasteiger partial charge is 0.497 e. The Morgan fingerprint density at radius 3 is 2.63 bits per heavy atom. The molecule has 2 heterocycles. The van der Waals surface area contributed by atoms with Crippen molar-refractivity contribution < 1.29 is 9.66 Å². The van der Waals surface area contributed by atoms with Crippen molar-refractivity contribution in [3.05, 3.63) is 64.2 Å². The van der Waals surface area contributed by atoms with Gasteiger partial charge in [0, 0.05) is 29.0 Å². The first-order valence-electron chi connectivity index (χ1n) is 7.71. The standard InChI is InChI=1S/C17H13N5O3S.BrH/c1-25-14-7-5-11(6-8-14)16-18-19-17-21(16)20-15(10-26-17)12-3-2-4-13(9-12)22(23)24;/h2-9H,10H2,1H3;1H. The highest BCUT2D eigenvalue weighted by molar-refractivity contribution is 8.93. The number of thioether (sulfide) groups is 1. The van der Waals surface area contributed by atoms with Gasteiger partial charge in [-0.15, -0.1) is 27.2 Å². The van der Waals surface area contributed by atoms with Crippen LogP contribution in [-0.2, 0) is 0 Å². The van der Waals surface area contributed by atoms with Gasteiger partial charge in [-0.3, -0.25) is 10.1 Å². The topological polar surface area (TPSA) is 95.4 Å². The minimum atomic E-state index is -0.410. The van der Waals surface area contributed by atoms with Crippen LogP contribution in [0.1, 0.15) is 5.56 Å². The van der Waals surface area contributed by atoms with Crippen LogP contribution in [0.5, 0.6) is 5.75 Å². The van der Waals surface area contributed by atoms with Crippen molar-refractivity contribution in [3.8, 4) is 17.1 Å². The van der Waals surface area contributed by atoms with E-state index < -0.39 is 4.92 Å². The van der Waals surface area contributed by atoms with E-state index in [4.69, 9.17) is 4.74 Å². The Kier molecular flexibility index (Phi) is 5.57. The van der Waals surface area contributed by atoms with E-state index in [2.05, 4.69) is 15.3 Å². The average Bonchev–Trinajstić information content (AvgIpc) is 3.11. The molecule has 27 heavy (non-hydrogen) atoms. The number of nitro groups is 1. The summed E-state index contributed by atoms with van der Waals surface area (Å²) in [6, 6.07) is 13.9. The number of halogens is 1. The van der Waals surface area contributed by atoms with Crippen LogP contribution in [0.2, 0.25) is 0 Å². The maximum atomic E-state index is 11.0. The Balaban J connectivity index is 0.00000210. The van der Waals surface area contributed by atoms with Crippen molar-refractivity contribution in [1.29, 1.82) is 0 Å². The Morgan fingerprint density at radius 2 is 1.93 bits per heavy atom. The van der Waals surface area contributed by atoms with Gasteiger partial charge >= 0.3 is 0 Å². The van der Waals surface area contributed by atoms with Gasteiger partial charge in [0.2, 0.25) is 5.16 Å². The summed E-state index contributed by atoms with van der Waals surface area (Å²) in [5.41, 5.74) is 2.35. The lowest BCUT2D eigenvalue weighted by atomic mass is 10.1. The minimum Gasteiger partial charge on any atom is -0.497 e. The summed E-state index contributed by atoms with van der Waals surface area (Å²) < 4.78 is 6.85. The van der Waals surface area contributed by atoms with E-state index in [1.54, 1.807) is 17.9 Å². The van der Waals surface area contributed by atoms with Gasteiger partial charge in [-0.2, -0.15) is 9.78 Å². The summed E-state index contributed by atoms with van der Waals surface area (Å²) in [7, 11) is 1.61. The number of benzene rings is 2. The van der Waals surface area contributed by atoms with Crippen molar-refractivity contribution in [2.45, 2.75) is 5.16 Å². The second-order valence-corrected chi connectivity index (χ2v) is 6.43. The van der Waals surface area contributed by atoms with Crippen molar-refractivity contribution >= 4 is 40.1 Å². The molecule has 0 radical (unpaired) electrons. The number of nitro benzene ring substituents is 1. The number of non-ortho nitro benzene ring substituents is 1. The van der Waals surface area contributed by atoms with E-state index in [0.717, 1.165) is 17.0 Å². The summed E-state index contributed by atoms with van der Waals surface area (Å²) in [5, 5.41) is 24.7. The van der Waals surface area contributed by atoms with Crippen LogP contribution >= 0.6 is 28.7 Å². The molecule has 0 bridgehead atoms. The van der Waals surface area contributed by atoms with Crippen molar-refractivity contribution in [3.63, 3.8) is 0 Å². The zero-order valence-electron chi connectivity index (χ0n) is 14.1. The molecule has 1 aliphatic heterocycles. The van der Waals surface area contributed by atoms with Gasteiger partial charge < -0.3 is 4.74 Å². The lowest BCUT2D eigenvalue weighted by Crippen LogP contribution is -2.14. The van der Waals surface area contributed by atoms with E-state index in [-0.39, 0.29) is 22.7 Å². The SMILES string of the molecule is Br.COc1ccc(-c2nnc3n2N=C(c2cccc([N+](=O)[O-])c2)CS3)cc1. The summed E-state index contributed by atoms with van der Waals surface area (Å²) in [5.74, 6) is 1.93. The molecule has 2 aromatic carbocycles. The van der Waals surface area contributed by atoms with Crippen molar-refractivity contribution in [1.82, 2.24) is 14.9 Å². The van der Waals surface area contributed by atoms with Crippen molar-refractivity contribution in [2.24, 2.45) is 5.10 Å². The first-order valence-corrected chi connectivity index (χ1v) is 8.69. The molecule has 3 aromatic rings. The smallest absolute Gasteiger partial charge is 0.270 e. The first-order chi connectivity index (χ1) is 12.7. The van der Waals surface area contributed by atoms with Crippen LogP contribution in [0, 0.1) is 10.1 Å². The quantitative estimate of drug-likeness (QED) is 0.445. The maximum Gasteiger partial charge on any atom is 0.270 e. The molecular formula is C17H14BrN5O3S. The van der Waals surface area contributed by atoms with Gasteiger partial charge in [-0.05, 0) is 24.3 Å². The third-order valence-electron chi connectivity index (χ3n) is 3.91. The zero-order valence-corrected chi connectivity index (χ0v) is 16.6. The van der Waals surface area contributed by atoms with Crippen LogP contribution in [0.15, 0.2) is 58.8 Å². The molecule has 0 atom stereocenters. The summed E-state index contributed by atoms with van der Waals surface area (Å²) in [4.78, 5) is 10.6. The van der Waals surface area contributed by atoms with Gasteiger partial charge in [0.15, 0.2) is 5.82 Å². The second kappa shape index (κ2) is 7.89. The summed E-state index contributed by atoms with van der Waals surface area (Å²) in [6.07, 6.45) is 0. The second-order valence-electron chi connectivity index (χ2n) is 5.49. The maximum absolute atomic E-state index is 11.0. The van der Waals surface area contributed by atoms with E-state index in [0.29, 0.717) is 22.3 Å². The van der Waals surface area contributed by atoms with Gasteiger partial charge in [-0.25, -0.2) is 0 Å². The number of nitrogens with zero attached hydrogens (tertiary/aromatic N) is 5. The highest BCUT2D eigenvalue weighted by Gasteiger charge is 2.21. The van der Waals surface area contributed by atoms with Crippen LogP contribution in [-0.4, -0.2) is 38.4 Å². The molecule has 0 N–H and O–H groups in total. The fourth-order valence-corrected chi connectivity index (χ4v) is 3.43. The number of methoxy groups -OCH3 is 1. The van der Waals surface area contributed by atoms with E-state index in [1.807, 2.05) is 30.3 Å². The fraction of sp³-hybridized carbons (Fsp3) is 0.118. The molecule has 0 fully saturated rings. The van der Waals surface area contributed by atoms with Gasteiger partial charge in [0.25, 0.3) is 5.69 Å². The predicted molar refractivity (Wildman–Crippen MR) is 108 cm³/mol. The summed E-state index contributed by atoms with van der Waals surface area (Å²) in [6.45, 7) is 0. The molecule has 10 heteroatoms. The molecule has 0 unspecified atom stereocenters. The first kappa shape index (κ1) is 19.1. The number of hydrogen-bond acceptors (Lipinski definition) is 7. The molecule has 1 aliphatic rings. The molecule has 0 amide bonds. The lowest BCUT2D eigenvalue weighted by Gasteiger charge is -2.14. The highest BCUT2D eigenvalue weighted by Crippen LogP contribution is 2.29. The fourth-order valence-electron chi connectivity index (χ4n) is 2.59. The molecule has 0 spiro atoms. The number of aromatic nitrogens is 3. The monoisotopic (exact) mass is 447 g/mol. The normalized spacial score (nSPS) is 12.6. The molecule has 0 saturated carbocycles. The van der Waals surface area contributed by atoms with Crippen LogP contribution < -0.4 is 4.74 Å². The minimum absolute atomic E-state index is 0. The van der Waals surface area contributed by atoms with Gasteiger partial charge in [0.1, 0.15) is 5.75 Å². The van der Waals surface area contributed by atoms with Crippen LogP contribution in [0.3, 0.4) is 0 Å². The Hall–Kier alpha value is -2.72. The van der Waals surface area contributed by atoms with Crippen LogP contribution in [0.4, 0.5) is 5.69 Å². The Bertz CT molecular complexity index is 1020. The average molecular weight is 448 g/mol. The Labute approximate surface area is 169 Å². The third kappa shape index (κ3) is 3.71. The molecule has 8 nitrogen and oxygen atoms in total. The lowest BCUT2D eigenvalue weighted by molar-refractivity contribution is -0.384. The predicted octanol–water partition coefficient (Wildman–Crippen LogP) is 3.80. The van der Waals surface area contributed by atoms with E-state index >= 15 is 0 Å². The van der Waals surface area contributed by atoms with E-state index in [9.17, 15) is 10.1 Å². The summed E-state index contributed by atoms with van der Waals surface area (Å²) >= 11 is 1.49. The number of rotatable bonds is 4. The zero-order chi connectivity index (χ0) is 18.1. The van der Waals surface area contributed by atoms with E-state index in [1.165, 1.54) is 23.9 Å². The number of hydrogen-bond donors (Lipinski definition) is 0. The van der Waals surface area contributed by atoms with Gasteiger partial charge in [-0.1, -0.05) is 23.9 Å². The molecule has 138 valence electrons. The number of ether oxygens (including phenoxy) is 1. The van der Waals surface area contributed by atoms with Crippen LogP contribution in [0.25, 0.3) is 11.4 Å². The molecule has 0 aliphatic carbocycles. The molecular weight excluding hydrogens is 434 g/mol.